The van der Waals surface area contributed by atoms with E-state index in [2.05, 4.69) is 10.2 Å². The number of hydrogen-bond acceptors (Lipinski definition) is 3. The van der Waals surface area contributed by atoms with Crippen molar-refractivity contribution in [1.29, 1.82) is 0 Å². The first-order chi connectivity index (χ1) is 12.8. The van der Waals surface area contributed by atoms with Crippen LogP contribution in [0.5, 0.6) is 0 Å². The van der Waals surface area contributed by atoms with E-state index in [1.807, 2.05) is 6.07 Å². The summed E-state index contributed by atoms with van der Waals surface area (Å²) in [7, 11) is 0. The minimum Gasteiger partial charge on any atom is -0.379 e. The summed E-state index contributed by atoms with van der Waals surface area (Å²) in [4.78, 5) is 14.7. The summed E-state index contributed by atoms with van der Waals surface area (Å²) < 4.78 is 44.2. The third kappa shape index (κ3) is 5.22. The zero-order valence-electron chi connectivity index (χ0n) is 14.4. The standard InChI is InChI=1S/C19H18ClF3N2O2/c20-17-5-4-15(11-16(17)19(21,22)23)24-18(26)14-3-1-2-13(10-14)12-25-6-8-27-9-7-25/h1-5,10-11H,6-9,12H2,(H,24,26). The Labute approximate surface area is 159 Å². The van der Waals surface area contributed by atoms with Gasteiger partial charge in [0.15, 0.2) is 0 Å². The number of morpholine rings is 1. The van der Waals surface area contributed by atoms with Gasteiger partial charge in [-0.25, -0.2) is 0 Å². The minimum absolute atomic E-state index is 0.0373. The van der Waals surface area contributed by atoms with Gasteiger partial charge in [0.25, 0.3) is 5.91 Å². The molecule has 1 N–H and O–H groups in total. The van der Waals surface area contributed by atoms with Gasteiger partial charge in [-0.15, -0.1) is 0 Å². The summed E-state index contributed by atoms with van der Waals surface area (Å²) in [5.41, 5.74) is 0.388. The number of carbonyl (C=O) groups excluding carboxylic acids is 1. The summed E-state index contributed by atoms with van der Waals surface area (Å²) in [6, 6.07) is 10.3. The highest BCUT2D eigenvalue weighted by atomic mass is 35.5. The van der Waals surface area contributed by atoms with E-state index in [9.17, 15) is 18.0 Å². The van der Waals surface area contributed by atoms with Crippen molar-refractivity contribution in [2.75, 3.05) is 31.6 Å². The number of amides is 1. The van der Waals surface area contributed by atoms with Crippen LogP contribution >= 0.6 is 11.6 Å². The Bertz CT molecular complexity index is 821. The SMILES string of the molecule is O=C(Nc1ccc(Cl)c(C(F)(F)F)c1)c1cccc(CN2CCOCC2)c1. The summed E-state index contributed by atoms with van der Waals surface area (Å²) in [5.74, 6) is -0.478. The van der Waals surface area contributed by atoms with Crippen LogP contribution in [0.1, 0.15) is 21.5 Å². The summed E-state index contributed by atoms with van der Waals surface area (Å²) in [6.45, 7) is 3.68. The van der Waals surface area contributed by atoms with Crippen LogP contribution in [-0.4, -0.2) is 37.1 Å². The lowest BCUT2D eigenvalue weighted by Crippen LogP contribution is -2.35. The number of nitrogens with zero attached hydrogens (tertiary/aromatic N) is 1. The molecule has 4 nitrogen and oxygen atoms in total. The van der Waals surface area contributed by atoms with E-state index in [4.69, 9.17) is 16.3 Å². The molecule has 27 heavy (non-hydrogen) atoms. The van der Waals surface area contributed by atoms with Gasteiger partial charge < -0.3 is 10.1 Å². The zero-order valence-corrected chi connectivity index (χ0v) is 15.1. The molecule has 0 saturated carbocycles. The number of alkyl halides is 3. The molecule has 0 aliphatic carbocycles. The molecular weight excluding hydrogens is 381 g/mol. The highest BCUT2D eigenvalue weighted by Gasteiger charge is 2.33. The third-order valence-electron chi connectivity index (χ3n) is 4.23. The maximum Gasteiger partial charge on any atom is 0.417 e. The lowest BCUT2D eigenvalue weighted by Gasteiger charge is -2.26. The summed E-state index contributed by atoms with van der Waals surface area (Å²) >= 11 is 5.60. The molecule has 1 heterocycles. The highest BCUT2D eigenvalue weighted by Crippen LogP contribution is 2.36. The van der Waals surface area contributed by atoms with Crippen molar-refractivity contribution in [3.8, 4) is 0 Å². The predicted octanol–water partition coefficient (Wildman–Crippen LogP) is 4.44. The molecular formula is C19H18ClF3N2O2. The van der Waals surface area contributed by atoms with Crippen molar-refractivity contribution in [2.45, 2.75) is 12.7 Å². The fourth-order valence-electron chi connectivity index (χ4n) is 2.85. The molecule has 1 fully saturated rings. The second kappa shape index (κ2) is 8.29. The first kappa shape index (κ1) is 19.7. The monoisotopic (exact) mass is 398 g/mol. The second-order valence-electron chi connectivity index (χ2n) is 6.24. The number of benzene rings is 2. The molecule has 2 aromatic rings. The van der Waals surface area contributed by atoms with E-state index in [0.717, 1.165) is 30.8 Å². The third-order valence-corrected chi connectivity index (χ3v) is 4.56. The van der Waals surface area contributed by atoms with Crippen molar-refractivity contribution in [3.63, 3.8) is 0 Å². The van der Waals surface area contributed by atoms with Gasteiger partial charge in [-0.05, 0) is 35.9 Å². The normalized spacial score (nSPS) is 15.6. The van der Waals surface area contributed by atoms with E-state index in [0.29, 0.717) is 25.3 Å². The molecule has 3 rings (SSSR count). The van der Waals surface area contributed by atoms with Gasteiger partial charge in [0.2, 0.25) is 0 Å². The molecule has 1 amide bonds. The fourth-order valence-corrected chi connectivity index (χ4v) is 3.08. The minimum atomic E-state index is -4.59. The summed E-state index contributed by atoms with van der Waals surface area (Å²) in [6.07, 6.45) is -4.59. The molecule has 8 heteroatoms. The number of rotatable bonds is 4. The Morgan fingerprint density at radius 1 is 1.15 bits per heavy atom. The number of anilines is 1. The average molecular weight is 399 g/mol. The topological polar surface area (TPSA) is 41.6 Å². The maximum absolute atomic E-state index is 13.0. The lowest BCUT2D eigenvalue weighted by molar-refractivity contribution is -0.137. The number of carbonyl (C=O) groups is 1. The molecule has 0 spiro atoms. The van der Waals surface area contributed by atoms with Crippen LogP contribution in [0.3, 0.4) is 0 Å². The second-order valence-corrected chi connectivity index (χ2v) is 6.64. The molecule has 2 aromatic carbocycles. The van der Waals surface area contributed by atoms with Crippen molar-refractivity contribution in [2.24, 2.45) is 0 Å². The highest BCUT2D eigenvalue weighted by molar-refractivity contribution is 6.31. The van der Waals surface area contributed by atoms with Gasteiger partial charge in [0, 0.05) is 30.9 Å². The summed E-state index contributed by atoms with van der Waals surface area (Å²) in [5, 5.41) is 2.09. The van der Waals surface area contributed by atoms with E-state index >= 15 is 0 Å². The average Bonchev–Trinajstić information content (AvgIpc) is 2.63. The van der Waals surface area contributed by atoms with Gasteiger partial charge in [-0.3, -0.25) is 9.69 Å². The van der Waals surface area contributed by atoms with Crippen LogP contribution in [0, 0.1) is 0 Å². The number of ether oxygens (including phenoxy) is 1. The Morgan fingerprint density at radius 3 is 2.59 bits per heavy atom. The fraction of sp³-hybridized carbons (Fsp3) is 0.316. The van der Waals surface area contributed by atoms with E-state index in [1.54, 1.807) is 18.2 Å². The van der Waals surface area contributed by atoms with E-state index in [-0.39, 0.29) is 5.69 Å². The molecule has 0 unspecified atom stereocenters. The Hall–Kier alpha value is -2.09. The largest absolute Gasteiger partial charge is 0.417 e. The number of hydrogen-bond donors (Lipinski definition) is 1. The lowest BCUT2D eigenvalue weighted by atomic mass is 10.1. The molecule has 1 saturated heterocycles. The van der Waals surface area contributed by atoms with Gasteiger partial charge in [0.05, 0.1) is 23.8 Å². The van der Waals surface area contributed by atoms with Crippen LogP contribution in [0.25, 0.3) is 0 Å². The Balaban J connectivity index is 1.72. The molecule has 1 aliphatic rings. The first-order valence-corrected chi connectivity index (χ1v) is 8.78. The molecule has 0 radical (unpaired) electrons. The van der Waals surface area contributed by atoms with Crippen molar-refractivity contribution in [3.05, 3.63) is 64.2 Å². The van der Waals surface area contributed by atoms with Gasteiger partial charge in [-0.1, -0.05) is 23.7 Å². The van der Waals surface area contributed by atoms with E-state index < -0.39 is 22.7 Å². The van der Waals surface area contributed by atoms with Crippen LogP contribution in [0.15, 0.2) is 42.5 Å². The molecule has 0 bridgehead atoms. The quantitative estimate of drug-likeness (QED) is 0.827. The maximum atomic E-state index is 13.0. The van der Waals surface area contributed by atoms with Crippen LogP contribution in [-0.2, 0) is 17.5 Å². The smallest absolute Gasteiger partial charge is 0.379 e. The van der Waals surface area contributed by atoms with Crippen LogP contribution in [0.2, 0.25) is 5.02 Å². The molecule has 0 aromatic heterocycles. The van der Waals surface area contributed by atoms with Crippen molar-refractivity contribution < 1.29 is 22.7 Å². The molecule has 1 aliphatic heterocycles. The Kier molecular flexibility index (Phi) is 6.04. The van der Waals surface area contributed by atoms with Crippen LogP contribution < -0.4 is 5.32 Å². The zero-order chi connectivity index (χ0) is 19.4. The Morgan fingerprint density at radius 2 is 1.89 bits per heavy atom. The van der Waals surface area contributed by atoms with Gasteiger partial charge in [-0.2, -0.15) is 13.2 Å². The first-order valence-electron chi connectivity index (χ1n) is 8.40. The van der Waals surface area contributed by atoms with Crippen molar-refractivity contribution in [1.82, 2.24) is 4.90 Å². The van der Waals surface area contributed by atoms with Gasteiger partial charge >= 0.3 is 6.18 Å². The molecule has 144 valence electrons. The van der Waals surface area contributed by atoms with Crippen LogP contribution in [0.4, 0.5) is 18.9 Å². The van der Waals surface area contributed by atoms with Gasteiger partial charge in [0.1, 0.15) is 0 Å². The predicted molar refractivity (Wildman–Crippen MR) is 96.9 cm³/mol. The number of nitrogens with one attached hydrogen (secondary N) is 1. The van der Waals surface area contributed by atoms with E-state index in [1.165, 1.54) is 6.07 Å². The van der Waals surface area contributed by atoms with Crippen molar-refractivity contribution >= 4 is 23.2 Å². The number of halogens is 4. The molecule has 0 atom stereocenters.